The summed E-state index contributed by atoms with van der Waals surface area (Å²) < 4.78 is 0. The zero-order valence-corrected chi connectivity index (χ0v) is 15.1. The van der Waals surface area contributed by atoms with E-state index >= 15 is 0 Å². The van der Waals surface area contributed by atoms with Gasteiger partial charge in [0.2, 0.25) is 5.91 Å². The van der Waals surface area contributed by atoms with Crippen molar-refractivity contribution in [3.63, 3.8) is 0 Å². The van der Waals surface area contributed by atoms with Gasteiger partial charge >= 0.3 is 0 Å². The van der Waals surface area contributed by atoms with Crippen LogP contribution in [0.15, 0.2) is 18.2 Å². The Kier molecular flexibility index (Phi) is 3.20. The second-order valence-electron chi connectivity index (χ2n) is 9.29. The zero-order chi connectivity index (χ0) is 16.5. The summed E-state index contributed by atoms with van der Waals surface area (Å²) in [5.41, 5.74) is 3.40. The van der Waals surface area contributed by atoms with Gasteiger partial charge in [0.1, 0.15) is 0 Å². The molecule has 0 aromatic heterocycles. The van der Waals surface area contributed by atoms with E-state index in [9.17, 15) is 4.79 Å². The summed E-state index contributed by atoms with van der Waals surface area (Å²) in [5.74, 6) is 0.796. The molecule has 0 radical (unpaired) electrons. The van der Waals surface area contributed by atoms with Gasteiger partial charge in [-0.25, -0.2) is 0 Å². The highest BCUT2D eigenvalue weighted by molar-refractivity contribution is 6.33. The lowest BCUT2D eigenvalue weighted by molar-refractivity contribution is -0.114. The van der Waals surface area contributed by atoms with Gasteiger partial charge in [0, 0.05) is 6.92 Å². The van der Waals surface area contributed by atoms with E-state index in [1.807, 2.05) is 6.07 Å². The molecule has 1 aromatic rings. The molecule has 4 fully saturated rings. The summed E-state index contributed by atoms with van der Waals surface area (Å²) in [4.78, 5) is 11.3. The predicted octanol–water partition coefficient (Wildman–Crippen LogP) is 5.55. The number of hydrogen-bond donors (Lipinski definition) is 1. The maximum atomic E-state index is 11.3. The standard InChI is InChI=1S/C20H26ClNO/c1-13(23)22-17-5-4-15(6-16(17)21)20-9-14-7-18(2,11-20)10-19(3,8-14)12-20/h4-6,14H,7-12H2,1-3H3,(H,22,23). The van der Waals surface area contributed by atoms with E-state index in [1.54, 1.807) is 0 Å². The van der Waals surface area contributed by atoms with Crippen LogP contribution in [0.25, 0.3) is 0 Å². The van der Waals surface area contributed by atoms with Crippen LogP contribution in [0.5, 0.6) is 0 Å². The number of anilines is 1. The highest BCUT2D eigenvalue weighted by Gasteiger charge is 2.60. The number of rotatable bonds is 2. The molecule has 1 aromatic carbocycles. The molecule has 2 unspecified atom stereocenters. The van der Waals surface area contributed by atoms with Gasteiger partial charge in [-0.2, -0.15) is 0 Å². The molecule has 5 rings (SSSR count). The number of amides is 1. The minimum absolute atomic E-state index is 0.0746. The first-order valence-corrected chi connectivity index (χ1v) is 9.17. The number of carbonyl (C=O) groups is 1. The van der Waals surface area contributed by atoms with E-state index < -0.39 is 0 Å². The average molecular weight is 332 g/mol. The lowest BCUT2D eigenvalue weighted by Gasteiger charge is -2.65. The molecule has 1 N–H and O–H groups in total. The Morgan fingerprint density at radius 1 is 1.13 bits per heavy atom. The van der Waals surface area contributed by atoms with Gasteiger partial charge in [0.05, 0.1) is 10.7 Å². The molecule has 1 amide bonds. The first-order chi connectivity index (χ1) is 10.7. The molecule has 4 bridgehead atoms. The van der Waals surface area contributed by atoms with Crippen LogP contribution in [0.1, 0.15) is 64.9 Å². The molecule has 4 saturated carbocycles. The molecule has 0 heterocycles. The molecule has 0 spiro atoms. The van der Waals surface area contributed by atoms with Crippen molar-refractivity contribution < 1.29 is 4.79 Å². The van der Waals surface area contributed by atoms with E-state index in [0.717, 1.165) is 11.6 Å². The van der Waals surface area contributed by atoms with Crippen molar-refractivity contribution in [2.75, 3.05) is 5.32 Å². The summed E-state index contributed by atoms with van der Waals surface area (Å²) in [6.07, 6.45) is 8.10. The normalized spacial score (nSPS) is 41.1. The maximum absolute atomic E-state index is 11.3. The highest BCUT2D eigenvalue weighted by Crippen LogP contribution is 2.69. The summed E-state index contributed by atoms with van der Waals surface area (Å²) in [5, 5.41) is 3.49. The second-order valence-corrected chi connectivity index (χ2v) is 9.69. The molecule has 2 atom stereocenters. The quantitative estimate of drug-likeness (QED) is 0.756. The monoisotopic (exact) mass is 331 g/mol. The number of halogens is 1. The lowest BCUT2D eigenvalue weighted by Crippen LogP contribution is -2.56. The first kappa shape index (κ1) is 15.5. The molecule has 0 saturated heterocycles. The molecule has 124 valence electrons. The third kappa shape index (κ3) is 2.50. The number of benzene rings is 1. The number of hydrogen-bond acceptors (Lipinski definition) is 1. The Morgan fingerprint density at radius 3 is 2.30 bits per heavy atom. The Labute approximate surface area is 144 Å². The second kappa shape index (κ2) is 4.75. The van der Waals surface area contributed by atoms with Gasteiger partial charge < -0.3 is 5.32 Å². The highest BCUT2D eigenvalue weighted by atomic mass is 35.5. The van der Waals surface area contributed by atoms with Crippen LogP contribution in [-0.2, 0) is 10.2 Å². The van der Waals surface area contributed by atoms with Crippen molar-refractivity contribution >= 4 is 23.2 Å². The van der Waals surface area contributed by atoms with E-state index in [-0.39, 0.29) is 5.91 Å². The van der Waals surface area contributed by atoms with E-state index in [0.29, 0.717) is 21.3 Å². The smallest absolute Gasteiger partial charge is 0.221 e. The van der Waals surface area contributed by atoms with Gasteiger partial charge in [0.15, 0.2) is 0 Å². The van der Waals surface area contributed by atoms with Crippen LogP contribution in [0.3, 0.4) is 0 Å². The summed E-state index contributed by atoms with van der Waals surface area (Å²) in [6.45, 7) is 6.51. The van der Waals surface area contributed by atoms with Crippen molar-refractivity contribution in [3.05, 3.63) is 28.8 Å². The molecule has 23 heavy (non-hydrogen) atoms. The summed E-state index contributed by atoms with van der Waals surface area (Å²) >= 11 is 6.47. The number of nitrogens with one attached hydrogen (secondary N) is 1. The molecule has 0 aliphatic heterocycles. The van der Waals surface area contributed by atoms with Crippen LogP contribution >= 0.6 is 11.6 Å². The molecular formula is C20H26ClNO. The molecule has 3 heteroatoms. The lowest BCUT2D eigenvalue weighted by atomic mass is 9.39. The van der Waals surface area contributed by atoms with Gasteiger partial charge in [0.25, 0.3) is 0 Å². The van der Waals surface area contributed by atoms with Crippen LogP contribution in [0.2, 0.25) is 5.02 Å². The van der Waals surface area contributed by atoms with Crippen molar-refractivity contribution in [1.29, 1.82) is 0 Å². The third-order valence-electron chi connectivity index (χ3n) is 6.52. The van der Waals surface area contributed by atoms with Crippen molar-refractivity contribution in [1.82, 2.24) is 0 Å². The minimum atomic E-state index is -0.0746. The Morgan fingerprint density at radius 2 is 1.78 bits per heavy atom. The van der Waals surface area contributed by atoms with Crippen molar-refractivity contribution in [2.45, 2.75) is 64.7 Å². The number of carbonyl (C=O) groups excluding carboxylic acids is 1. The van der Waals surface area contributed by atoms with E-state index in [4.69, 9.17) is 11.6 Å². The predicted molar refractivity (Wildman–Crippen MR) is 94.8 cm³/mol. The Balaban J connectivity index is 1.73. The first-order valence-electron chi connectivity index (χ1n) is 8.79. The molecule has 4 aliphatic carbocycles. The molecule has 4 aliphatic rings. The van der Waals surface area contributed by atoms with Gasteiger partial charge in [-0.15, -0.1) is 0 Å². The fraction of sp³-hybridized carbons (Fsp3) is 0.650. The van der Waals surface area contributed by atoms with Crippen LogP contribution in [-0.4, -0.2) is 5.91 Å². The average Bonchev–Trinajstić information content (AvgIpc) is 2.36. The topological polar surface area (TPSA) is 29.1 Å². The van der Waals surface area contributed by atoms with E-state index in [2.05, 4.69) is 31.3 Å². The van der Waals surface area contributed by atoms with E-state index in [1.165, 1.54) is 51.0 Å². The minimum Gasteiger partial charge on any atom is -0.325 e. The maximum Gasteiger partial charge on any atom is 0.221 e. The Bertz CT molecular complexity index is 664. The van der Waals surface area contributed by atoms with Crippen molar-refractivity contribution in [3.8, 4) is 0 Å². The largest absolute Gasteiger partial charge is 0.325 e. The van der Waals surface area contributed by atoms with Gasteiger partial charge in [-0.05, 0) is 78.4 Å². The third-order valence-corrected chi connectivity index (χ3v) is 6.83. The SMILES string of the molecule is CC(=O)Nc1ccc(C23CC4CC(C)(CC(C)(C4)C2)C3)cc1Cl. The fourth-order valence-corrected chi connectivity index (χ4v) is 7.13. The van der Waals surface area contributed by atoms with Crippen LogP contribution in [0, 0.1) is 16.7 Å². The van der Waals surface area contributed by atoms with Crippen LogP contribution < -0.4 is 5.32 Å². The van der Waals surface area contributed by atoms with Gasteiger partial charge in [-0.1, -0.05) is 31.5 Å². The van der Waals surface area contributed by atoms with Crippen LogP contribution in [0.4, 0.5) is 5.69 Å². The van der Waals surface area contributed by atoms with Gasteiger partial charge in [-0.3, -0.25) is 4.79 Å². The zero-order valence-electron chi connectivity index (χ0n) is 14.3. The fourth-order valence-electron chi connectivity index (χ4n) is 6.91. The molecule has 2 nitrogen and oxygen atoms in total. The molecular weight excluding hydrogens is 306 g/mol. The van der Waals surface area contributed by atoms with Crippen molar-refractivity contribution in [2.24, 2.45) is 16.7 Å². The Hall–Kier alpha value is -1.02. The summed E-state index contributed by atoms with van der Waals surface area (Å²) in [7, 11) is 0. The summed E-state index contributed by atoms with van der Waals surface area (Å²) in [6, 6.07) is 6.31.